The van der Waals surface area contributed by atoms with Gasteiger partial charge in [-0.2, -0.15) is 0 Å². The third-order valence-electron chi connectivity index (χ3n) is 2.64. The molecule has 0 saturated heterocycles. The Labute approximate surface area is 129 Å². The van der Waals surface area contributed by atoms with Crippen LogP contribution in [0.25, 0.3) is 0 Å². The molecule has 6 nitrogen and oxygen atoms in total. The summed E-state index contributed by atoms with van der Waals surface area (Å²) in [4.78, 5) is 21.2. The first-order valence-corrected chi connectivity index (χ1v) is 6.38. The lowest BCUT2D eigenvalue weighted by Crippen LogP contribution is -2.02. The van der Waals surface area contributed by atoms with Gasteiger partial charge in [-0.15, -0.1) is 0 Å². The minimum Gasteiger partial charge on any atom is -0.478 e. The largest absolute Gasteiger partial charge is 0.478 e. The van der Waals surface area contributed by atoms with E-state index >= 15 is 0 Å². The molecule has 108 valence electrons. The number of carboxylic acid groups (broad SMARTS) is 1. The molecule has 2 rings (SSSR count). The number of nitrogens with zero attached hydrogens (tertiary/aromatic N) is 1. The number of benzene rings is 2. The van der Waals surface area contributed by atoms with Crippen molar-refractivity contribution in [1.82, 2.24) is 0 Å². The molecule has 2 N–H and O–H groups in total. The van der Waals surface area contributed by atoms with Gasteiger partial charge in [-0.05, 0) is 30.3 Å². The molecular weight excluding hydrogens is 319 g/mol. The van der Waals surface area contributed by atoms with Gasteiger partial charge in [-0.3, -0.25) is 10.1 Å². The monoisotopic (exact) mass is 326 g/mol. The number of carbonyl (C=O) groups is 1. The van der Waals surface area contributed by atoms with Crippen molar-refractivity contribution in [2.24, 2.45) is 0 Å². The molecule has 2 aromatic rings. The highest BCUT2D eigenvalue weighted by atomic mass is 35.5. The van der Waals surface area contributed by atoms with Crippen molar-refractivity contribution in [3.8, 4) is 0 Å². The number of hydrogen-bond acceptors (Lipinski definition) is 4. The lowest BCUT2D eigenvalue weighted by atomic mass is 10.1. The first-order valence-electron chi connectivity index (χ1n) is 5.62. The molecule has 21 heavy (non-hydrogen) atoms. The average Bonchev–Trinajstić information content (AvgIpc) is 2.41. The van der Waals surface area contributed by atoms with Gasteiger partial charge in [-0.25, -0.2) is 4.79 Å². The van der Waals surface area contributed by atoms with Gasteiger partial charge in [0.05, 0.1) is 21.2 Å². The number of hydrogen-bond donors (Lipinski definition) is 2. The zero-order valence-electron chi connectivity index (χ0n) is 10.3. The summed E-state index contributed by atoms with van der Waals surface area (Å²) >= 11 is 11.8. The van der Waals surface area contributed by atoms with Gasteiger partial charge in [0.15, 0.2) is 0 Å². The van der Waals surface area contributed by atoms with Crippen LogP contribution in [0.4, 0.5) is 17.1 Å². The molecule has 0 aromatic heterocycles. The fourth-order valence-electron chi connectivity index (χ4n) is 1.66. The maximum atomic E-state index is 11.0. The van der Waals surface area contributed by atoms with Crippen LogP contribution >= 0.6 is 23.2 Å². The first-order chi connectivity index (χ1) is 9.88. The van der Waals surface area contributed by atoms with Gasteiger partial charge in [0.25, 0.3) is 5.69 Å². The summed E-state index contributed by atoms with van der Waals surface area (Å²) in [5, 5.41) is 23.4. The summed E-state index contributed by atoms with van der Waals surface area (Å²) in [7, 11) is 0. The minimum absolute atomic E-state index is 0.134. The van der Waals surface area contributed by atoms with E-state index in [0.29, 0.717) is 15.7 Å². The molecule has 0 atom stereocenters. The number of anilines is 2. The van der Waals surface area contributed by atoms with Crippen LogP contribution in [0, 0.1) is 10.1 Å². The van der Waals surface area contributed by atoms with Gasteiger partial charge in [0, 0.05) is 11.1 Å². The summed E-state index contributed by atoms with van der Waals surface area (Å²) in [5.41, 5.74) is 0.0248. The van der Waals surface area contributed by atoms with Crippen LogP contribution in [0.3, 0.4) is 0 Å². The van der Waals surface area contributed by atoms with Crippen LogP contribution in [0.5, 0.6) is 0 Å². The van der Waals surface area contributed by atoms with Crippen LogP contribution in [0.1, 0.15) is 10.4 Å². The van der Waals surface area contributed by atoms with Gasteiger partial charge < -0.3 is 10.4 Å². The molecule has 0 fully saturated rings. The zero-order valence-corrected chi connectivity index (χ0v) is 11.9. The molecular formula is C13H8Cl2N2O4. The summed E-state index contributed by atoms with van der Waals surface area (Å²) in [6.45, 7) is 0. The third kappa shape index (κ3) is 3.42. The predicted octanol–water partition coefficient (Wildman–Crippen LogP) is 4.34. The third-order valence-corrected chi connectivity index (χ3v) is 3.19. The first kappa shape index (κ1) is 15.1. The van der Waals surface area contributed by atoms with Crippen LogP contribution < -0.4 is 5.32 Å². The van der Waals surface area contributed by atoms with Gasteiger partial charge in [0.1, 0.15) is 5.69 Å². The maximum absolute atomic E-state index is 11.0. The molecule has 0 spiro atoms. The summed E-state index contributed by atoms with van der Waals surface area (Å²) in [6.07, 6.45) is 0. The van der Waals surface area contributed by atoms with Crippen LogP contribution in [-0.2, 0) is 0 Å². The Hall–Kier alpha value is -2.31. The van der Waals surface area contributed by atoms with Gasteiger partial charge in [0.2, 0.25) is 0 Å². The molecule has 0 amide bonds. The van der Waals surface area contributed by atoms with Crippen LogP contribution in [0.2, 0.25) is 10.0 Å². The Morgan fingerprint density at radius 1 is 1.14 bits per heavy atom. The maximum Gasteiger partial charge on any atom is 0.335 e. The van der Waals surface area contributed by atoms with E-state index in [1.165, 1.54) is 18.2 Å². The number of nitro benzene ring substituents is 1. The van der Waals surface area contributed by atoms with E-state index in [0.717, 1.165) is 6.07 Å². The molecule has 0 aliphatic carbocycles. The second-order valence-corrected chi connectivity index (χ2v) is 4.89. The Balaban J connectivity index is 2.44. The van der Waals surface area contributed by atoms with Crippen molar-refractivity contribution in [2.75, 3.05) is 5.32 Å². The van der Waals surface area contributed by atoms with E-state index in [1.54, 1.807) is 12.1 Å². The summed E-state index contributed by atoms with van der Waals surface area (Å²) in [5.74, 6) is -1.24. The molecule has 0 aliphatic rings. The lowest BCUT2D eigenvalue weighted by molar-refractivity contribution is -0.383. The standard InChI is InChI=1S/C13H8Cl2N2O4/c14-8-2-4-10(9(15)6-8)16-11-3-1-7(13(18)19)5-12(11)17(20)21/h1-6,16H,(H,18,19). The highest BCUT2D eigenvalue weighted by Crippen LogP contribution is 2.33. The Kier molecular flexibility index (Phi) is 4.30. The quantitative estimate of drug-likeness (QED) is 0.643. The van der Waals surface area contributed by atoms with E-state index in [1.807, 2.05) is 0 Å². The smallest absolute Gasteiger partial charge is 0.335 e. The number of rotatable bonds is 4. The van der Waals surface area contributed by atoms with Crippen molar-refractivity contribution >= 4 is 46.2 Å². The van der Waals surface area contributed by atoms with E-state index in [2.05, 4.69) is 5.32 Å². The average molecular weight is 327 g/mol. The molecule has 0 saturated carbocycles. The van der Waals surface area contributed by atoms with Crippen molar-refractivity contribution in [3.05, 3.63) is 62.1 Å². The van der Waals surface area contributed by atoms with Crippen molar-refractivity contribution < 1.29 is 14.8 Å². The van der Waals surface area contributed by atoms with Gasteiger partial charge in [-0.1, -0.05) is 23.2 Å². The Bertz CT molecular complexity index is 734. The highest BCUT2D eigenvalue weighted by Gasteiger charge is 2.18. The zero-order chi connectivity index (χ0) is 15.6. The lowest BCUT2D eigenvalue weighted by Gasteiger charge is -2.09. The molecule has 8 heteroatoms. The van der Waals surface area contributed by atoms with E-state index < -0.39 is 10.9 Å². The molecule has 0 unspecified atom stereocenters. The van der Waals surface area contributed by atoms with Crippen molar-refractivity contribution in [1.29, 1.82) is 0 Å². The van der Waals surface area contributed by atoms with Crippen LogP contribution in [0.15, 0.2) is 36.4 Å². The minimum atomic E-state index is -1.24. The highest BCUT2D eigenvalue weighted by molar-refractivity contribution is 6.36. The second-order valence-electron chi connectivity index (χ2n) is 4.04. The number of carboxylic acids is 1. The van der Waals surface area contributed by atoms with Crippen molar-refractivity contribution in [2.45, 2.75) is 0 Å². The van der Waals surface area contributed by atoms with E-state index in [9.17, 15) is 14.9 Å². The number of nitrogens with one attached hydrogen (secondary N) is 1. The molecule has 0 aliphatic heterocycles. The van der Waals surface area contributed by atoms with Crippen molar-refractivity contribution in [3.63, 3.8) is 0 Å². The fraction of sp³-hybridized carbons (Fsp3) is 0. The summed E-state index contributed by atoms with van der Waals surface area (Å²) < 4.78 is 0. The number of aromatic carboxylic acids is 1. The Morgan fingerprint density at radius 3 is 2.38 bits per heavy atom. The molecule has 2 aromatic carbocycles. The topological polar surface area (TPSA) is 92.5 Å². The second kappa shape index (κ2) is 5.99. The Morgan fingerprint density at radius 2 is 1.81 bits per heavy atom. The number of nitro groups is 1. The van der Waals surface area contributed by atoms with Crippen LogP contribution in [-0.4, -0.2) is 16.0 Å². The predicted molar refractivity (Wildman–Crippen MR) is 79.8 cm³/mol. The summed E-state index contributed by atoms with van der Waals surface area (Å²) in [6, 6.07) is 8.19. The molecule has 0 radical (unpaired) electrons. The molecule has 0 bridgehead atoms. The van der Waals surface area contributed by atoms with E-state index in [4.69, 9.17) is 28.3 Å². The SMILES string of the molecule is O=C(O)c1ccc(Nc2ccc(Cl)cc2Cl)c([N+](=O)[O-])c1. The van der Waals surface area contributed by atoms with E-state index in [-0.39, 0.29) is 16.9 Å². The molecule has 0 heterocycles. The van der Waals surface area contributed by atoms with Gasteiger partial charge >= 0.3 is 5.97 Å². The fourth-order valence-corrected chi connectivity index (χ4v) is 2.11. The normalized spacial score (nSPS) is 10.2. The number of halogens is 2.